The molecule has 0 spiro atoms. The summed E-state index contributed by atoms with van der Waals surface area (Å²) in [4.78, 5) is 11.4. The Labute approximate surface area is 95.7 Å². The fourth-order valence-corrected chi connectivity index (χ4v) is 1.14. The minimum atomic E-state index is -0.0283. The van der Waals surface area contributed by atoms with E-state index in [0.29, 0.717) is 11.3 Å². The molecule has 0 aliphatic carbocycles. The molecule has 0 aromatic heterocycles. The van der Waals surface area contributed by atoms with Crippen LogP contribution in [0.3, 0.4) is 0 Å². The summed E-state index contributed by atoms with van der Waals surface area (Å²) in [6, 6.07) is 7.24. The number of benzene rings is 1. The smallest absolute Gasteiger partial charge is 0.172 e. The Hall–Kier alpha value is -1.82. The van der Waals surface area contributed by atoms with Crippen molar-refractivity contribution < 1.29 is 9.53 Å². The molecule has 0 fully saturated rings. The quantitative estimate of drug-likeness (QED) is 0.778. The highest BCUT2D eigenvalue weighted by molar-refractivity contribution is 5.81. The summed E-state index contributed by atoms with van der Waals surface area (Å²) in [5.74, 6) is 0.634. The molecule has 0 aliphatic rings. The van der Waals surface area contributed by atoms with Crippen molar-refractivity contribution in [1.82, 2.24) is 0 Å². The van der Waals surface area contributed by atoms with Gasteiger partial charge >= 0.3 is 0 Å². The van der Waals surface area contributed by atoms with E-state index in [9.17, 15) is 4.79 Å². The third-order valence-corrected chi connectivity index (χ3v) is 2.33. The number of rotatable bonds is 4. The maximum absolute atomic E-state index is 11.4. The molecule has 0 radical (unpaired) electrons. The van der Waals surface area contributed by atoms with Gasteiger partial charge in [-0.3, -0.25) is 4.79 Å². The van der Waals surface area contributed by atoms with Crippen LogP contribution in [0.1, 0.15) is 25.0 Å². The van der Waals surface area contributed by atoms with Crippen LogP contribution in [0.4, 0.5) is 0 Å². The van der Waals surface area contributed by atoms with E-state index in [0.717, 1.165) is 5.56 Å². The molecule has 3 nitrogen and oxygen atoms in total. The number of carbonyl (C=O) groups is 1. The maximum Gasteiger partial charge on any atom is 0.172 e. The number of hydrogen-bond acceptors (Lipinski definition) is 3. The van der Waals surface area contributed by atoms with Crippen LogP contribution in [0, 0.1) is 24.2 Å². The van der Waals surface area contributed by atoms with Crippen LogP contribution >= 0.6 is 0 Å². The molecule has 0 saturated carbocycles. The first kappa shape index (κ1) is 12.3. The molecule has 1 rings (SSSR count). The summed E-state index contributed by atoms with van der Waals surface area (Å²) < 4.78 is 5.40. The topological polar surface area (TPSA) is 50.1 Å². The lowest BCUT2D eigenvalue weighted by molar-refractivity contribution is -0.123. The van der Waals surface area contributed by atoms with E-state index in [2.05, 4.69) is 0 Å². The normalized spacial score (nSPS) is 9.94. The molecule has 0 aliphatic heterocycles. The van der Waals surface area contributed by atoms with Crippen LogP contribution < -0.4 is 4.74 Å². The van der Waals surface area contributed by atoms with Gasteiger partial charge in [0.25, 0.3) is 0 Å². The molecule has 0 N–H and O–H groups in total. The number of ketones is 1. The maximum atomic E-state index is 11.4. The third kappa shape index (κ3) is 3.09. The van der Waals surface area contributed by atoms with Gasteiger partial charge in [0.2, 0.25) is 0 Å². The second kappa shape index (κ2) is 5.32. The van der Waals surface area contributed by atoms with E-state index in [-0.39, 0.29) is 18.3 Å². The van der Waals surface area contributed by atoms with Gasteiger partial charge in [0.15, 0.2) is 5.78 Å². The summed E-state index contributed by atoms with van der Waals surface area (Å²) in [5.41, 5.74) is 1.47. The second-order valence-electron chi connectivity index (χ2n) is 4.00. The Morgan fingerprint density at radius 1 is 1.50 bits per heavy atom. The molecular formula is C13H15NO2. The minimum Gasteiger partial charge on any atom is -0.486 e. The lowest BCUT2D eigenvalue weighted by Crippen LogP contribution is -2.17. The first-order chi connectivity index (χ1) is 7.54. The van der Waals surface area contributed by atoms with E-state index in [1.807, 2.05) is 32.9 Å². The Morgan fingerprint density at radius 3 is 2.75 bits per heavy atom. The van der Waals surface area contributed by atoms with Crippen molar-refractivity contribution in [2.45, 2.75) is 20.8 Å². The lowest BCUT2D eigenvalue weighted by Gasteiger charge is -2.09. The van der Waals surface area contributed by atoms with Crippen LogP contribution in [0.25, 0.3) is 0 Å². The van der Waals surface area contributed by atoms with Gasteiger partial charge in [-0.2, -0.15) is 5.26 Å². The van der Waals surface area contributed by atoms with E-state index in [1.165, 1.54) is 0 Å². The predicted octanol–water partition coefficient (Wildman–Crippen LogP) is 2.47. The van der Waals surface area contributed by atoms with Crippen molar-refractivity contribution in [3.05, 3.63) is 29.3 Å². The summed E-state index contributed by atoms with van der Waals surface area (Å²) in [6.07, 6.45) is 0. The van der Waals surface area contributed by atoms with E-state index in [4.69, 9.17) is 10.00 Å². The number of nitrogens with zero attached hydrogens (tertiary/aromatic N) is 1. The minimum absolute atomic E-state index is 0.0283. The zero-order valence-electron chi connectivity index (χ0n) is 9.78. The largest absolute Gasteiger partial charge is 0.486 e. The molecule has 16 heavy (non-hydrogen) atoms. The Balaban J connectivity index is 2.74. The summed E-state index contributed by atoms with van der Waals surface area (Å²) in [5, 5.41) is 8.75. The summed E-state index contributed by atoms with van der Waals surface area (Å²) in [6.45, 7) is 5.62. The first-order valence-corrected chi connectivity index (χ1v) is 5.21. The van der Waals surface area contributed by atoms with Gasteiger partial charge in [-0.25, -0.2) is 0 Å². The van der Waals surface area contributed by atoms with Crippen LogP contribution in [0.2, 0.25) is 0 Å². The molecule has 0 unspecified atom stereocenters. The van der Waals surface area contributed by atoms with Crippen LogP contribution in [-0.2, 0) is 4.79 Å². The predicted molar refractivity (Wildman–Crippen MR) is 61.2 cm³/mol. The molecule has 0 atom stereocenters. The van der Waals surface area contributed by atoms with Crippen molar-refractivity contribution in [3.8, 4) is 11.8 Å². The number of Topliss-reactive ketones (excluding diaryl/α,β-unsaturated/α-hetero) is 1. The van der Waals surface area contributed by atoms with Crippen molar-refractivity contribution in [2.24, 2.45) is 5.92 Å². The summed E-state index contributed by atoms with van der Waals surface area (Å²) >= 11 is 0. The van der Waals surface area contributed by atoms with E-state index < -0.39 is 0 Å². The Kier molecular flexibility index (Phi) is 4.07. The number of ether oxygens (including phenoxy) is 1. The Bertz CT molecular complexity index is 430. The Morgan fingerprint density at radius 2 is 2.19 bits per heavy atom. The van der Waals surface area contributed by atoms with Gasteiger partial charge in [0.1, 0.15) is 12.4 Å². The average molecular weight is 217 g/mol. The summed E-state index contributed by atoms with van der Waals surface area (Å²) in [7, 11) is 0. The molecular weight excluding hydrogens is 202 g/mol. The number of nitriles is 1. The van der Waals surface area contributed by atoms with Crippen molar-refractivity contribution >= 4 is 5.78 Å². The molecule has 0 bridgehead atoms. The van der Waals surface area contributed by atoms with Gasteiger partial charge < -0.3 is 4.74 Å². The van der Waals surface area contributed by atoms with E-state index in [1.54, 1.807) is 12.1 Å². The van der Waals surface area contributed by atoms with Crippen LogP contribution in [0.15, 0.2) is 18.2 Å². The molecule has 0 heterocycles. The third-order valence-electron chi connectivity index (χ3n) is 2.33. The zero-order valence-corrected chi connectivity index (χ0v) is 9.78. The van der Waals surface area contributed by atoms with Crippen LogP contribution in [0.5, 0.6) is 5.75 Å². The lowest BCUT2D eigenvalue weighted by atomic mass is 10.1. The van der Waals surface area contributed by atoms with Gasteiger partial charge in [-0.15, -0.1) is 0 Å². The SMILES string of the molecule is Cc1ccc(C#N)cc1OCC(=O)C(C)C. The average Bonchev–Trinajstić information content (AvgIpc) is 2.27. The fourth-order valence-electron chi connectivity index (χ4n) is 1.14. The van der Waals surface area contributed by atoms with Crippen molar-refractivity contribution in [1.29, 1.82) is 5.26 Å². The number of aryl methyl sites for hydroxylation is 1. The van der Waals surface area contributed by atoms with Crippen molar-refractivity contribution in [2.75, 3.05) is 6.61 Å². The number of carbonyl (C=O) groups excluding carboxylic acids is 1. The first-order valence-electron chi connectivity index (χ1n) is 5.21. The van der Waals surface area contributed by atoms with Crippen molar-refractivity contribution in [3.63, 3.8) is 0 Å². The highest BCUT2D eigenvalue weighted by Crippen LogP contribution is 2.19. The number of hydrogen-bond donors (Lipinski definition) is 0. The van der Waals surface area contributed by atoms with Gasteiger partial charge in [-0.1, -0.05) is 19.9 Å². The molecule has 0 amide bonds. The van der Waals surface area contributed by atoms with Crippen LogP contribution in [-0.4, -0.2) is 12.4 Å². The zero-order chi connectivity index (χ0) is 12.1. The molecule has 1 aromatic rings. The highest BCUT2D eigenvalue weighted by Gasteiger charge is 2.09. The molecule has 3 heteroatoms. The molecule has 1 aromatic carbocycles. The molecule has 84 valence electrons. The molecule has 0 saturated heterocycles. The van der Waals surface area contributed by atoms with E-state index >= 15 is 0 Å². The second-order valence-corrected chi connectivity index (χ2v) is 4.00. The standard InChI is InChI=1S/C13H15NO2/c1-9(2)12(15)8-16-13-6-11(7-14)5-4-10(13)3/h4-6,9H,8H2,1-3H3. The van der Waals surface area contributed by atoms with Gasteiger partial charge in [-0.05, 0) is 24.6 Å². The van der Waals surface area contributed by atoms with Gasteiger partial charge in [0, 0.05) is 5.92 Å². The van der Waals surface area contributed by atoms with Gasteiger partial charge in [0.05, 0.1) is 11.6 Å². The monoisotopic (exact) mass is 217 g/mol. The highest BCUT2D eigenvalue weighted by atomic mass is 16.5. The fraction of sp³-hybridized carbons (Fsp3) is 0.385.